The number of nitrogens with one attached hydrogen (secondary N) is 4. The molecule has 7 rings (SSSR count). The van der Waals surface area contributed by atoms with Gasteiger partial charge < -0.3 is 39.7 Å². The molecule has 1 unspecified atom stereocenters. The lowest BCUT2D eigenvalue weighted by Gasteiger charge is -2.31. The molecule has 0 saturated carbocycles. The van der Waals surface area contributed by atoms with Crippen LogP contribution in [0.3, 0.4) is 0 Å². The Morgan fingerprint density at radius 1 is 0.845 bits per heavy atom. The van der Waals surface area contributed by atoms with Gasteiger partial charge in [0, 0.05) is 39.9 Å². The van der Waals surface area contributed by atoms with Crippen LogP contribution in [-0.2, 0) is 25.5 Å². The predicted molar refractivity (Wildman–Crippen MR) is 210 cm³/mol. The molecule has 0 radical (unpaired) electrons. The third kappa shape index (κ3) is 8.27. The van der Waals surface area contributed by atoms with Gasteiger partial charge in [0.25, 0.3) is 0 Å². The second-order valence-corrected chi connectivity index (χ2v) is 14.5. The molecule has 2 fully saturated rings. The smallest absolute Gasteiger partial charge is 0.407 e. The SMILES string of the molecule is COC(=O)N[C@H](C(=O)N1CCCC1c1ncc(-c2ccc(-c3ccc(-c4cnc([C@@H]5CCCN5C(=O)[C@H](Cc5c[nH]nn5)N(C)C(=O)O)[nH]4)cc3)cc2)[nH]1)[C@@H](C)OC. The van der Waals surface area contributed by atoms with E-state index in [4.69, 9.17) is 9.47 Å². The number of nitrogens with zero attached hydrogens (tertiary/aromatic N) is 7. The van der Waals surface area contributed by atoms with Crippen LogP contribution in [0.2, 0.25) is 0 Å². The molecular weight excluding hydrogens is 747 g/mol. The number of aromatic amines is 3. The Morgan fingerprint density at radius 3 is 1.83 bits per heavy atom. The van der Waals surface area contributed by atoms with Crippen molar-refractivity contribution < 1.29 is 33.8 Å². The molecule has 0 bridgehead atoms. The van der Waals surface area contributed by atoms with Gasteiger partial charge in [0.2, 0.25) is 11.8 Å². The Kier molecular flexibility index (Phi) is 11.8. The minimum atomic E-state index is -1.20. The molecule has 2 aliphatic heterocycles. The van der Waals surface area contributed by atoms with Crippen LogP contribution in [0, 0.1) is 0 Å². The summed E-state index contributed by atoms with van der Waals surface area (Å²) in [6.07, 6.45) is 5.72. The van der Waals surface area contributed by atoms with E-state index in [0.717, 1.165) is 57.8 Å². The number of aromatic nitrogens is 7. The lowest BCUT2D eigenvalue weighted by atomic mass is 10.0. The summed E-state index contributed by atoms with van der Waals surface area (Å²) in [4.78, 5) is 71.9. The number of likely N-dealkylation sites (N-methyl/N-ethyl adjacent to an activating group) is 1. The highest BCUT2D eigenvalue weighted by molar-refractivity contribution is 5.87. The summed E-state index contributed by atoms with van der Waals surface area (Å²) in [5.74, 6) is 0.761. The van der Waals surface area contributed by atoms with Crippen LogP contribution in [0.1, 0.15) is 62.0 Å². The topological polar surface area (TPSA) is 228 Å². The number of imidazole rings is 2. The van der Waals surface area contributed by atoms with E-state index in [1.165, 1.54) is 21.3 Å². The maximum atomic E-state index is 13.8. The van der Waals surface area contributed by atoms with Crippen LogP contribution < -0.4 is 5.32 Å². The Labute approximate surface area is 334 Å². The lowest BCUT2D eigenvalue weighted by molar-refractivity contribution is -0.138. The zero-order chi connectivity index (χ0) is 40.9. The van der Waals surface area contributed by atoms with Gasteiger partial charge in [-0.25, -0.2) is 19.6 Å². The first kappa shape index (κ1) is 39.7. The van der Waals surface area contributed by atoms with E-state index in [9.17, 15) is 24.3 Å². The summed E-state index contributed by atoms with van der Waals surface area (Å²) in [6.45, 7) is 2.75. The van der Waals surface area contributed by atoms with Crippen molar-refractivity contribution in [3.63, 3.8) is 0 Å². The first-order valence-corrected chi connectivity index (χ1v) is 19.2. The molecule has 4 amide bonds. The monoisotopic (exact) mass is 793 g/mol. The number of carboxylic acid groups (broad SMARTS) is 1. The molecule has 0 aliphatic carbocycles. The number of hydrogen-bond acceptors (Lipinski definition) is 10. The standard InChI is InChI=1S/C40H47N11O7/c1-23(57-3)34(46-39(54)58-4)38(53)51-18-6-8-32(51)36-42-22-30(45-36)27-15-11-25(12-16-27)24-9-13-26(14-10-24)29-21-41-35(44-29)31-7-5-17-50(31)37(52)33(49(2)40(55)56)19-28-20-43-48-47-28/h9-16,20-23,31-34H,5-8,17-19H2,1-4H3,(H,41,44)(H,42,45)(H,46,54)(H,55,56)(H,43,47,48)/t23-,31+,32?,33+,34+/m1/s1. The third-order valence-electron chi connectivity index (χ3n) is 11.1. The van der Waals surface area contributed by atoms with Crippen molar-refractivity contribution in [1.82, 2.24) is 55.4 Å². The van der Waals surface area contributed by atoms with Gasteiger partial charge in [-0.1, -0.05) is 53.7 Å². The number of likely N-dealkylation sites (tertiary alicyclic amines) is 2. The molecule has 5 atom stereocenters. The van der Waals surface area contributed by atoms with E-state index in [-0.39, 0.29) is 30.3 Å². The zero-order valence-corrected chi connectivity index (χ0v) is 32.7. The summed E-state index contributed by atoms with van der Waals surface area (Å²) in [6, 6.07) is 13.8. The van der Waals surface area contributed by atoms with Crippen LogP contribution in [0.25, 0.3) is 33.6 Å². The molecule has 0 spiro atoms. The number of alkyl carbamates (subject to hydrolysis) is 1. The van der Waals surface area contributed by atoms with Crippen molar-refractivity contribution in [3.8, 4) is 33.6 Å². The maximum absolute atomic E-state index is 13.8. The number of rotatable bonds is 13. The first-order valence-electron chi connectivity index (χ1n) is 19.2. The van der Waals surface area contributed by atoms with E-state index >= 15 is 0 Å². The molecule has 2 aromatic carbocycles. The number of H-pyrrole nitrogens is 3. The van der Waals surface area contributed by atoms with E-state index in [1.54, 1.807) is 35.3 Å². The van der Waals surface area contributed by atoms with Gasteiger partial charge >= 0.3 is 12.2 Å². The molecule has 304 valence electrons. The van der Waals surface area contributed by atoms with Gasteiger partial charge in [-0.2, -0.15) is 0 Å². The van der Waals surface area contributed by atoms with E-state index in [1.807, 2.05) is 48.5 Å². The zero-order valence-electron chi connectivity index (χ0n) is 32.7. The van der Waals surface area contributed by atoms with Crippen LogP contribution in [-0.4, -0.2) is 132 Å². The van der Waals surface area contributed by atoms with Crippen molar-refractivity contribution in [1.29, 1.82) is 0 Å². The molecular formula is C40H47N11O7. The van der Waals surface area contributed by atoms with E-state index in [2.05, 4.69) is 40.7 Å². The van der Waals surface area contributed by atoms with Crippen molar-refractivity contribution in [2.24, 2.45) is 0 Å². The minimum absolute atomic E-state index is 0.0995. The number of benzene rings is 2. The Hall–Kier alpha value is -6.56. The molecule has 58 heavy (non-hydrogen) atoms. The highest BCUT2D eigenvalue weighted by atomic mass is 16.5. The van der Waals surface area contributed by atoms with Crippen molar-refractivity contribution >= 4 is 24.0 Å². The molecule has 3 aromatic heterocycles. The largest absolute Gasteiger partial charge is 0.465 e. The summed E-state index contributed by atoms with van der Waals surface area (Å²) in [5.41, 5.74) is 6.04. The van der Waals surface area contributed by atoms with Crippen molar-refractivity contribution in [2.45, 2.75) is 69.3 Å². The van der Waals surface area contributed by atoms with Crippen LogP contribution in [0.5, 0.6) is 0 Å². The highest BCUT2D eigenvalue weighted by Crippen LogP contribution is 2.35. The van der Waals surface area contributed by atoms with Crippen LogP contribution in [0.15, 0.2) is 67.1 Å². The van der Waals surface area contributed by atoms with Crippen LogP contribution in [0.4, 0.5) is 9.59 Å². The van der Waals surface area contributed by atoms with Crippen LogP contribution >= 0.6 is 0 Å². The average molecular weight is 794 g/mol. The molecule has 2 saturated heterocycles. The number of ether oxygens (including phenoxy) is 2. The molecule has 2 aliphatic rings. The molecule has 5 aromatic rings. The summed E-state index contributed by atoms with van der Waals surface area (Å²) in [7, 11) is 4.13. The van der Waals surface area contributed by atoms with Crippen molar-refractivity contribution in [2.75, 3.05) is 34.4 Å². The Bertz CT molecular complexity index is 2200. The van der Waals surface area contributed by atoms with Crippen molar-refractivity contribution in [3.05, 3.63) is 84.5 Å². The first-order chi connectivity index (χ1) is 28.1. The second-order valence-electron chi connectivity index (χ2n) is 14.5. The van der Waals surface area contributed by atoms with E-state index < -0.39 is 30.4 Å². The number of amides is 4. The maximum Gasteiger partial charge on any atom is 0.407 e. The fourth-order valence-electron chi connectivity index (χ4n) is 7.74. The number of methoxy groups -OCH3 is 2. The highest BCUT2D eigenvalue weighted by Gasteiger charge is 2.40. The van der Waals surface area contributed by atoms with Gasteiger partial charge in [-0.05, 0) is 54.9 Å². The van der Waals surface area contributed by atoms with Gasteiger partial charge in [-0.15, -0.1) is 5.10 Å². The Morgan fingerprint density at radius 2 is 1.36 bits per heavy atom. The fraction of sp³-hybridized carbons (Fsp3) is 0.400. The molecule has 18 heteroatoms. The molecule has 18 nitrogen and oxygen atoms in total. The normalized spacial score (nSPS) is 18.1. The number of carbonyl (C=O) groups excluding carboxylic acids is 3. The van der Waals surface area contributed by atoms with Gasteiger partial charge in [0.05, 0.1) is 54.8 Å². The Balaban J connectivity index is 1.00. The number of hydrogen-bond donors (Lipinski definition) is 5. The number of carbonyl (C=O) groups is 4. The second kappa shape index (κ2) is 17.3. The van der Waals surface area contributed by atoms with E-state index in [0.29, 0.717) is 36.9 Å². The predicted octanol–water partition coefficient (Wildman–Crippen LogP) is 4.56. The molecule has 5 heterocycles. The van der Waals surface area contributed by atoms with Gasteiger partial charge in [0.15, 0.2) is 0 Å². The average Bonchev–Trinajstić information content (AvgIpc) is 4.10. The molecule has 5 N–H and O–H groups in total. The summed E-state index contributed by atoms with van der Waals surface area (Å²) in [5, 5.41) is 22.6. The van der Waals surface area contributed by atoms with Gasteiger partial charge in [0.1, 0.15) is 23.7 Å². The summed E-state index contributed by atoms with van der Waals surface area (Å²) >= 11 is 0. The lowest BCUT2D eigenvalue weighted by Crippen LogP contribution is -2.54. The fourth-order valence-corrected chi connectivity index (χ4v) is 7.74. The minimum Gasteiger partial charge on any atom is -0.465 e. The third-order valence-corrected chi connectivity index (χ3v) is 11.1. The summed E-state index contributed by atoms with van der Waals surface area (Å²) < 4.78 is 10.1. The quantitative estimate of drug-likeness (QED) is 0.111. The van der Waals surface area contributed by atoms with Gasteiger partial charge in [-0.3, -0.25) is 19.6 Å².